The second kappa shape index (κ2) is 7.51. The van der Waals surface area contributed by atoms with E-state index in [1.807, 2.05) is 23.1 Å². The lowest BCUT2D eigenvalue weighted by Crippen LogP contribution is -2.32. The van der Waals surface area contributed by atoms with E-state index < -0.39 is 0 Å². The summed E-state index contributed by atoms with van der Waals surface area (Å²) in [4.78, 5) is 17.1. The topological polar surface area (TPSA) is 42.0 Å². The monoisotopic (exact) mass is 366 g/mol. The lowest BCUT2D eigenvalue weighted by atomic mass is 10.1. The maximum Gasteiger partial charge on any atom is 0.231 e. The van der Waals surface area contributed by atoms with Crippen molar-refractivity contribution < 1.29 is 14.3 Å². The molecule has 0 N–H and O–H groups in total. The summed E-state index contributed by atoms with van der Waals surface area (Å²) in [6.07, 6.45) is 1.53. The van der Waals surface area contributed by atoms with Crippen molar-refractivity contribution in [2.45, 2.75) is 33.2 Å². The minimum absolute atomic E-state index is 0.211. The van der Waals surface area contributed by atoms with Crippen molar-refractivity contribution >= 4 is 17.3 Å². The molecule has 0 radical (unpaired) electrons. The number of nitrogens with zero attached hydrogens (tertiary/aromatic N) is 2. The van der Waals surface area contributed by atoms with Crippen molar-refractivity contribution in [3.63, 3.8) is 0 Å². The number of para-hydroxylation sites is 2. The van der Waals surface area contributed by atoms with Gasteiger partial charge in [0.15, 0.2) is 11.5 Å². The first-order valence-electron chi connectivity index (χ1n) is 9.64. The molecule has 0 fully saturated rings. The normalized spacial score (nSPS) is 15.7. The highest BCUT2D eigenvalue weighted by molar-refractivity contribution is 5.97. The summed E-state index contributed by atoms with van der Waals surface area (Å²) >= 11 is 0. The van der Waals surface area contributed by atoms with Gasteiger partial charge in [0.2, 0.25) is 12.7 Å². The molecule has 0 spiro atoms. The van der Waals surface area contributed by atoms with Crippen molar-refractivity contribution in [3.05, 3.63) is 48.0 Å². The smallest absolute Gasteiger partial charge is 0.231 e. The van der Waals surface area contributed by atoms with Gasteiger partial charge in [0.05, 0.1) is 11.4 Å². The minimum atomic E-state index is 0.211. The van der Waals surface area contributed by atoms with Crippen LogP contribution in [0.3, 0.4) is 0 Å². The summed E-state index contributed by atoms with van der Waals surface area (Å²) in [7, 11) is 0. The molecular formula is C22H26N2O3. The van der Waals surface area contributed by atoms with Crippen LogP contribution in [0.1, 0.15) is 32.3 Å². The quantitative estimate of drug-likeness (QED) is 0.813. The van der Waals surface area contributed by atoms with E-state index in [9.17, 15) is 4.79 Å². The maximum absolute atomic E-state index is 12.8. The van der Waals surface area contributed by atoms with Gasteiger partial charge in [-0.1, -0.05) is 32.0 Å². The molecule has 5 heteroatoms. The number of anilines is 2. The van der Waals surface area contributed by atoms with E-state index in [1.165, 1.54) is 5.56 Å². The van der Waals surface area contributed by atoms with Crippen LogP contribution in [0.2, 0.25) is 0 Å². The number of amides is 1. The highest BCUT2D eigenvalue weighted by Crippen LogP contribution is 2.36. The number of carbonyl (C=O) groups excluding carboxylic acids is 1. The largest absolute Gasteiger partial charge is 0.454 e. The van der Waals surface area contributed by atoms with Gasteiger partial charge in [-0.15, -0.1) is 0 Å². The molecule has 1 amide bonds. The SMILES string of the molecule is CC(C)CC(=O)N1CCCN(Cc2ccc3c(c2)OCO3)c2ccccc21. The highest BCUT2D eigenvalue weighted by atomic mass is 16.7. The van der Waals surface area contributed by atoms with E-state index in [2.05, 4.69) is 43.0 Å². The zero-order valence-electron chi connectivity index (χ0n) is 16.0. The van der Waals surface area contributed by atoms with Crippen LogP contribution in [0.5, 0.6) is 11.5 Å². The standard InChI is InChI=1S/C22H26N2O3/c1-16(2)12-22(25)24-11-5-10-23(18-6-3-4-7-19(18)24)14-17-8-9-20-21(13-17)27-15-26-20/h3-4,6-9,13,16H,5,10-12,14-15H2,1-2H3. The molecule has 0 aromatic heterocycles. The molecular weight excluding hydrogens is 340 g/mol. The first-order chi connectivity index (χ1) is 13.1. The molecule has 0 atom stereocenters. The average Bonchev–Trinajstić information content (AvgIpc) is 3.03. The molecule has 0 aliphatic carbocycles. The van der Waals surface area contributed by atoms with Gasteiger partial charge in [-0.3, -0.25) is 4.79 Å². The third-order valence-electron chi connectivity index (χ3n) is 5.02. The van der Waals surface area contributed by atoms with Crippen LogP contribution in [-0.2, 0) is 11.3 Å². The predicted octanol–water partition coefficient (Wildman–Crippen LogP) is 4.20. The Morgan fingerprint density at radius 2 is 1.81 bits per heavy atom. The number of rotatable bonds is 4. The molecule has 2 aliphatic heterocycles. The van der Waals surface area contributed by atoms with E-state index in [1.54, 1.807) is 0 Å². The molecule has 0 unspecified atom stereocenters. The van der Waals surface area contributed by atoms with Gasteiger partial charge in [-0.25, -0.2) is 0 Å². The summed E-state index contributed by atoms with van der Waals surface area (Å²) in [6, 6.07) is 14.3. The molecule has 2 aliphatic rings. The Labute approximate surface area is 160 Å². The summed E-state index contributed by atoms with van der Waals surface area (Å²) in [5.74, 6) is 2.19. The van der Waals surface area contributed by atoms with E-state index in [0.29, 0.717) is 12.3 Å². The average molecular weight is 366 g/mol. The fourth-order valence-corrected chi connectivity index (χ4v) is 3.76. The minimum Gasteiger partial charge on any atom is -0.454 e. The van der Waals surface area contributed by atoms with Gasteiger partial charge in [-0.05, 0) is 42.2 Å². The Morgan fingerprint density at radius 3 is 2.63 bits per heavy atom. The van der Waals surface area contributed by atoms with Crippen LogP contribution in [-0.4, -0.2) is 25.8 Å². The Bertz CT molecular complexity index is 834. The van der Waals surface area contributed by atoms with Gasteiger partial charge in [0.1, 0.15) is 0 Å². The van der Waals surface area contributed by atoms with E-state index >= 15 is 0 Å². The van der Waals surface area contributed by atoms with Gasteiger partial charge >= 0.3 is 0 Å². The van der Waals surface area contributed by atoms with Crippen molar-refractivity contribution in [1.82, 2.24) is 0 Å². The van der Waals surface area contributed by atoms with Crippen molar-refractivity contribution in [2.75, 3.05) is 29.7 Å². The molecule has 4 rings (SSSR count). The molecule has 2 heterocycles. The Hall–Kier alpha value is -2.69. The molecule has 0 saturated heterocycles. The number of fused-ring (bicyclic) bond motifs is 2. The van der Waals surface area contributed by atoms with Crippen molar-refractivity contribution in [2.24, 2.45) is 5.92 Å². The molecule has 2 aromatic carbocycles. The third-order valence-corrected chi connectivity index (χ3v) is 5.02. The Morgan fingerprint density at radius 1 is 1.04 bits per heavy atom. The molecule has 0 saturated carbocycles. The predicted molar refractivity (Wildman–Crippen MR) is 106 cm³/mol. The second-order valence-electron chi connectivity index (χ2n) is 7.59. The van der Waals surface area contributed by atoms with Crippen LogP contribution in [0.25, 0.3) is 0 Å². The molecule has 27 heavy (non-hydrogen) atoms. The third kappa shape index (κ3) is 3.72. The van der Waals surface area contributed by atoms with Gasteiger partial charge in [-0.2, -0.15) is 0 Å². The Kier molecular flexibility index (Phi) is 4.92. The van der Waals surface area contributed by atoms with Crippen LogP contribution < -0.4 is 19.3 Å². The lowest BCUT2D eigenvalue weighted by Gasteiger charge is -2.27. The van der Waals surface area contributed by atoms with Crippen LogP contribution in [0.15, 0.2) is 42.5 Å². The summed E-state index contributed by atoms with van der Waals surface area (Å²) in [5.41, 5.74) is 3.31. The van der Waals surface area contributed by atoms with Crippen molar-refractivity contribution in [3.8, 4) is 11.5 Å². The molecule has 5 nitrogen and oxygen atoms in total. The van der Waals surface area contributed by atoms with Crippen LogP contribution in [0.4, 0.5) is 11.4 Å². The summed E-state index contributed by atoms with van der Waals surface area (Å²) in [5, 5.41) is 0. The zero-order valence-corrected chi connectivity index (χ0v) is 16.0. The highest BCUT2D eigenvalue weighted by Gasteiger charge is 2.25. The number of ether oxygens (including phenoxy) is 2. The molecule has 142 valence electrons. The number of carbonyl (C=O) groups is 1. The fraction of sp³-hybridized carbons (Fsp3) is 0.409. The second-order valence-corrected chi connectivity index (χ2v) is 7.59. The number of benzene rings is 2. The first-order valence-corrected chi connectivity index (χ1v) is 9.64. The summed E-state index contributed by atoms with van der Waals surface area (Å²) < 4.78 is 10.9. The zero-order chi connectivity index (χ0) is 18.8. The van der Waals surface area contributed by atoms with Crippen LogP contribution in [0, 0.1) is 5.92 Å². The number of hydrogen-bond donors (Lipinski definition) is 0. The maximum atomic E-state index is 12.8. The lowest BCUT2D eigenvalue weighted by molar-refractivity contribution is -0.119. The molecule has 2 aromatic rings. The van der Waals surface area contributed by atoms with E-state index in [4.69, 9.17) is 9.47 Å². The van der Waals surface area contributed by atoms with Gasteiger partial charge in [0.25, 0.3) is 0 Å². The van der Waals surface area contributed by atoms with E-state index in [0.717, 1.165) is 48.9 Å². The molecule has 0 bridgehead atoms. The summed E-state index contributed by atoms with van der Waals surface area (Å²) in [6.45, 7) is 6.93. The van der Waals surface area contributed by atoms with Crippen molar-refractivity contribution in [1.29, 1.82) is 0 Å². The Balaban J connectivity index is 1.60. The van der Waals surface area contributed by atoms with Crippen LogP contribution >= 0.6 is 0 Å². The van der Waals surface area contributed by atoms with Gasteiger partial charge in [0, 0.05) is 26.1 Å². The first kappa shape index (κ1) is 17.7. The van der Waals surface area contributed by atoms with E-state index in [-0.39, 0.29) is 12.7 Å². The van der Waals surface area contributed by atoms with Gasteiger partial charge < -0.3 is 19.3 Å². The fourth-order valence-electron chi connectivity index (χ4n) is 3.76. The number of hydrogen-bond acceptors (Lipinski definition) is 4.